The molecule has 4 aliphatic carbocycles. The Morgan fingerprint density at radius 2 is 1.84 bits per heavy atom. The molecule has 1 aromatic rings. The van der Waals surface area contributed by atoms with Crippen molar-refractivity contribution < 1.29 is 9.59 Å². The van der Waals surface area contributed by atoms with Gasteiger partial charge in [0, 0.05) is 11.4 Å². The second-order valence-corrected chi connectivity index (χ2v) is 9.45. The molecule has 1 aromatic heterocycles. The van der Waals surface area contributed by atoms with Gasteiger partial charge in [0.05, 0.1) is 12.5 Å². The molecule has 5 rings (SSSR count). The van der Waals surface area contributed by atoms with Gasteiger partial charge in [-0.1, -0.05) is 6.07 Å². The minimum absolute atomic E-state index is 0.00268. The van der Waals surface area contributed by atoms with Gasteiger partial charge in [0.25, 0.3) is 0 Å². The molecule has 25 heavy (non-hydrogen) atoms. The lowest BCUT2D eigenvalue weighted by Gasteiger charge is -2.56. The van der Waals surface area contributed by atoms with E-state index in [1.54, 1.807) is 0 Å². The maximum Gasteiger partial charge on any atom is 0.312 e. The van der Waals surface area contributed by atoms with E-state index in [1.165, 1.54) is 49.9 Å². The van der Waals surface area contributed by atoms with Crippen LogP contribution >= 0.6 is 11.3 Å². The Balaban J connectivity index is 1.35. The molecule has 3 amide bonds. The average molecular weight is 362 g/mol. The van der Waals surface area contributed by atoms with Crippen LogP contribution < -0.4 is 16.4 Å². The van der Waals surface area contributed by atoms with E-state index in [-0.39, 0.29) is 18.4 Å². The Labute approximate surface area is 152 Å². The molecule has 136 valence electrons. The van der Waals surface area contributed by atoms with Gasteiger partial charge in [-0.2, -0.15) is 0 Å². The second kappa shape index (κ2) is 6.63. The smallest absolute Gasteiger partial charge is 0.312 e. The normalized spacial score (nSPS) is 33.8. The number of thiophene rings is 1. The monoisotopic (exact) mass is 361 g/mol. The fourth-order valence-electron chi connectivity index (χ4n) is 5.93. The summed E-state index contributed by atoms with van der Waals surface area (Å²) in [5.74, 6) is 2.67. The van der Waals surface area contributed by atoms with Gasteiger partial charge in [-0.25, -0.2) is 4.79 Å². The van der Waals surface area contributed by atoms with E-state index in [4.69, 9.17) is 5.73 Å². The van der Waals surface area contributed by atoms with E-state index in [9.17, 15) is 9.59 Å². The minimum atomic E-state index is -0.590. The summed E-state index contributed by atoms with van der Waals surface area (Å²) < 4.78 is 0. The third-order valence-electron chi connectivity index (χ3n) is 6.42. The highest BCUT2D eigenvalue weighted by Crippen LogP contribution is 2.59. The number of amides is 3. The van der Waals surface area contributed by atoms with Crippen LogP contribution in [0.3, 0.4) is 0 Å². The number of primary amides is 1. The van der Waals surface area contributed by atoms with Crippen LogP contribution in [0.25, 0.3) is 0 Å². The summed E-state index contributed by atoms with van der Waals surface area (Å²) in [6.07, 6.45) is 8.34. The van der Waals surface area contributed by atoms with Crippen molar-refractivity contribution in [1.29, 1.82) is 0 Å². The number of hydrogen-bond donors (Lipinski definition) is 3. The van der Waals surface area contributed by atoms with Crippen molar-refractivity contribution >= 4 is 23.3 Å². The molecule has 4 aliphatic rings. The first-order chi connectivity index (χ1) is 12.0. The molecule has 0 aliphatic heterocycles. The summed E-state index contributed by atoms with van der Waals surface area (Å²) in [7, 11) is 0. The van der Waals surface area contributed by atoms with E-state index >= 15 is 0 Å². The first-order valence-corrected chi connectivity index (χ1v) is 10.3. The van der Waals surface area contributed by atoms with Crippen LogP contribution in [0.5, 0.6) is 0 Å². The number of hydrogen-bond acceptors (Lipinski definition) is 3. The molecule has 0 saturated heterocycles. The lowest BCUT2D eigenvalue weighted by Crippen LogP contribution is -2.51. The molecule has 1 heterocycles. The SMILES string of the molecule is NC(=O)N[C@@H](CC(=O)NCC12CC3CC(CC(C3)C1)C2)c1cccs1. The lowest BCUT2D eigenvalue weighted by atomic mass is 9.49. The number of rotatable bonds is 6. The van der Waals surface area contributed by atoms with E-state index in [2.05, 4.69) is 10.6 Å². The number of urea groups is 1. The molecule has 4 bridgehead atoms. The highest BCUT2D eigenvalue weighted by molar-refractivity contribution is 7.10. The first-order valence-electron chi connectivity index (χ1n) is 9.37. The minimum Gasteiger partial charge on any atom is -0.355 e. The Bertz CT molecular complexity index is 608. The van der Waals surface area contributed by atoms with E-state index in [0.717, 1.165) is 29.2 Å². The average Bonchev–Trinajstić information content (AvgIpc) is 3.05. The molecule has 0 unspecified atom stereocenters. The summed E-state index contributed by atoms with van der Waals surface area (Å²) in [5.41, 5.74) is 5.61. The van der Waals surface area contributed by atoms with Gasteiger partial charge < -0.3 is 16.4 Å². The summed E-state index contributed by atoms with van der Waals surface area (Å²) in [4.78, 5) is 24.7. The van der Waals surface area contributed by atoms with Crippen LogP contribution in [0.15, 0.2) is 17.5 Å². The molecular formula is C19H27N3O2S. The van der Waals surface area contributed by atoms with Crippen LogP contribution in [0.2, 0.25) is 0 Å². The predicted octanol–water partition coefficient (Wildman–Crippen LogP) is 3.18. The number of carbonyl (C=O) groups is 2. The zero-order valence-electron chi connectivity index (χ0n) is 14.5. The maximum atomic E-state index is 12.5. The zero-order valence-corrected chi connectivity index (χ0v) is 15.3. The van der Waals surface area contributed by atoms with Crippen molar-refractivity contribution in [3.8, 4) is 0 Å². The van der Waals surface area contributed by atoms with Crippen LogP contribution in [0.1, 0.15) is 55.9 Å². The van der Waals surface area contributed by atoms with Gasteiger partial charge in [-0.3, -0.25) is 4.79 Å². The van der Waals surface area contributed by atoms with Crippen molar-refractivity contribution in [2.24, 2.45) is 28.9 Å². The molecule has 0 spiro atoms. The van der Waals surface area contributed by atoms with Crippen molar-refractivity contribution in [2.75, 3.05) is 6.54 Å². The van der Waals surface area contributed by atoms with Gasteiger partial charge in [0.2, 0.25) is 5.91 Å². The van der Waals surface area contributed by atoms with Gasteiger partial charge in [0.1, 0.15) is 0 Å². The Morgan fingerprint density at radius 3 is 2.36 bits per heavy atom. The number of nitrogens with two attached hydrogens (primary N) is 1. The summed E-state index contributed by atoms with van der Waals surface area (Å²) in [6, 6.07) is 2.92. The van der Waals surface area contributed by atoms with Crippen molar-refractivity contribution in [3.63, 3.8) is 0 Å². The Hall–Kier alpha value is -1.56. The van der Waals surface area contributed by atoms with E-state index in [0.29, 0.717) is 5.41 Å². The molecule has 4 fully saturated rings. The van der Waals surface area contributed by atoms with Crippen LogP contribution in [0.4, 0.5) is 4.79 Å². The van der Waals surface area contributed by atoms with Gasteiger partial charge in [0.15, 0.2) is 0 Å². The Morgan fingerprint density at radius 1 is 1.20 bits per heavy atom. The second-order valence-electron chi connectivity index (χ2n) is 8.48. The lowest BCUT2D eigenvalue weighted by molar-refractivity contribution is -0.123. The van der Waals surface area contributed by atoms with Gasteiger partial charge >= 0.3 is 6.03 Å². The largest absolute Gasteiger partial charge is 0.355 e. The van der Waals surface area contributed by atoms with Gasteiger partial charge in [-0.15, -0.1) is 11.3 Å². The summed E-state index contributed by atoms with van der Waals surface area (Å²) in [5, 5.41) is 7.82. The summed E-state index contributed by atoms with van der Waals surface area (Å²) >= 11 is 1.53. The van der Waals surface area contributed by atoms with E-state index in [1.807, 2.05) is 17.5 Å². The zero-order chi connectivity index (χ0) is 17.4. The van der Waals surface area contributed by atoms with Crippen molar-refractivity contribution in [3.05, 3.63) is 22.4 Å². The quantitative estimate of drug-likeness (QED) is 0.727. The highest BCUT2D eigenvalue weighted by Gasteiger charge is 2.50. The first kappa shape index (κ1) is 16.9. The molecule has 5 nitrogen and oxygen atoms in total. The van der Waals surface area contributed by atoms with Gasteiger partial charge in [-0.05, 0) is 73.1 Å². The topological polar surface area (TPSA) is 84.2 Å². The van der Waals surface area contributed by atoms with Crippen molar-refractivity contribution in [2.45, 2.75) is 51.0 Å². The standard InChI is InChI=1S/C19H27N3O2S/c20-18(24)22-15(16-2-1-3-25-16)7-17(23)21-11-19-8-12-4-13(9-19)6-14(5-12)10-19/h1-3,12-15H,4-11H2,(H,21,23)(H3,20,22,24)/t12?,13?,14?,15-,19?/m0/s1. The molecule has 6 heteroatoms. The highest BCUT2D eigenvalue weighted by atomic mass is 32.1. The summed E-state index contributed by atoms with van der Waals surface area (Å²) in [6.45, 7) is 0.795. The fourth-order valence-corrected chi connectivity index (χ4v) is 6.71. The van der Waals surface area contributed by atoms with Crippen molar-refractivity contribution in [1.82, 2.24) is 10.6 Å². The fraction of sp³-hybridized carbons (Fsp3) is 0.684. The van der Waals surface area contributed by atoms with Crippen LogP contribution in [-0.4, -0.2) is 18.5 Å². The molecular weight excluding hydrogens is 334 g/mol. The molecule has 1 atom stereocenters. The van der Waals surface area contributed by atoms with Crippen LogP contribution in [0, 0.1) is 23.2 Å². The number of carbonyl (C=O) groups excluding carboxylic acids is 2. The number of nitrogens with one attached hydrogen (secondary N) is 2. The maximum absolute atomic E-state index is 12.5. The molecule has 0 aromatic carbocycles. The molecule has 4 N–H and O–H groups in total. The Kier molecular flexibility index (Phi) is 4.48. The molecule has 4 saturated carbocycles. The predicted molar refractivity (Wildman–Crippen MR) is 98.0 cm³/mol. The molecule has 0 radical (unpaired) electrons. The van der Waals surface area contributed by atoms with Crippen LogP contribution in [-0.2, 0) is 4.79 Å². The third-order valence-corrected chi connectivity index (χ3v) is 7.40. The van der Waals surface area contributed by atoms with E-state index < -0.39 is 6.03 Å². The third kappa shape index (κ3) is 3.68.